The SMILES string of the molecule is CCc1ncoc1-c1nc(CCCO)nn1-c1ccc(F)cc1C(F)(F)F. The van der Waals surface area contributed by atoms with E-state index in [0.717, 1.165) is 16.8 Å². The summed E-state index contributed by atoms with van der Waals surface area (Å²) in [6, 6.07) is 2.33. The number of aliphatic hydroxyl groups excluding tert-OH is 1. The van der Waals surface area contributed by atoms with Gasteiger partial charge in [0.25, 0.3) is 0 Å². The standard InChI is InChI=1S/C17H16F4N4O2/c1-2-12-15(27-9-22-12)16-23-14(4-3-7-26)24-25(16)13-6-5-10(18)8-11(13)17(19,20)21/h5-6,8-9,26H,2-4,7H2,1H3. The van der Waals surface area contributed by atoms with E-state index in [-0.39, 0.29) is 36.1 Å². The number of hydrogen-bond donors (Lipinski definition) is 1. The second kappa shape index (κ2) is 7.47. The lowest BCUT2D eigenvalue weighted by Crippen LogP contribution is -2.13. The Morgan fingerprint density at radius 2 is 2.04 bits per heavy atom. The monoisotopic (exact) mass is 384 g/mol. The van der Waals surface area contributed by atoms with Crippen LogP contribution in [0.3, 0.4) is 0 Å². The van der Waals surface area contributed by atoms with E-state index in [2.05, 4.69) is 15.1 Å². The lowest BCUT2D eigenvalue weighted by atomic mass is 10.1. The van der Waals surface area contributed by atoms with Gasteiger partial charge in [-0.25, -0.2) is 19.0 Å². The van der Waals surface area contributed by atoms with Gasteiger partial charge in [-0.05, 0) is 31.0 Å². The number of aromatic nitrogens is 4. The van der Waals surface area contributed by atoms with Crippen molar-refractivity contribution in [1.29, 1.82) is 0 Å². The molecule has 6 nitrogen and oxygen atoms in total. The van der Waals surface area contributed by atoms with Crippen molar-refractivity contribution in [3.05, 3.63) is 47.5 Å². The Morgan fingerprint density at radius 1 is 1.26 bits per heavy atom. The van der Waals surface area contributed by atoms with Gasteiger partial charge in [0.2, 0.25) is 5.82 Å². The molecule has 3 aromatic rings. The second-order valence-electron chi connectivity index (χ2n) is 5.73. The van der Waals surface area contributed by atoms with Crippen LogP contribution in [0.15, 0.2) is 29.0 Å². The summed E-state index contributed by atoms with van der Waals surface area (Å²) in [5.74, 6) is -0.552. The first-order valence-electron chi connectivity index (χ1n) is 8.21. The first-order valence-corrected chi connectivity index (χ1v) is 8.21. The van der Waals surface area contributed by atoms with Gasteiger partial charge in [0.05, 0.1) is 16.9 Å². The quantitative estimate of drug-likeness (QED) is 0.658. The van der Waals surface area contributed by atoms with Crippen LogP contribution in [0.2, 0.25) is 0 Å². The molecule has 0 spiro atoms. The largest absolute Gasteiger partial charge is 0.440 e. The van der Waals surface area contributed by atoms with Gasteiger partial charge in [-0.1, -0.05) is 6.92 Å². The van der Waals surface area contributed by atoms with Crippen molar-refractivity contribution in [1.82, 2.24) is 19.7 Å². The van der Waals surface area contributed by atoms with E-state index in [1.165, 1.54) is 6.39 Å². The highest BCUT2D eigenvalue weighted by molar-refractivity contribution is 5.56. The molecule has 2 aromatic heterocycles. The van der Waals surface area contributed by atoms with Crippen LogP contribution >= 0.6 is 0 Å². The normalized spacial score (nSPS) is 11.9. The average molecular weight is 384 g/mol. The molecule has 0 amide bonds. The van der Waals surface area contributed by atoms with E-state index in [0.29, 0.717) is 24.6 Å². The van der Waals surface area contributed by atoms with E-state index < -0.39 is 17.6 Å². The third kappa shape index (κ3) is 3.85. The minimum absolute atomic E-state index is 0.0365. The summed E-state index contributed by atoms with van der Waals surface area (Å²) in [4.78, 5) is 8.30. The molecule has 0 saturated heterocycles. The predicted molar refractivity (Wildman–Crippen MR) is 86.6 cm³/mol. The highest BCUT2D eigenvalue weighted by Gasteiger charge is 2.36. The Hall–Kier alpha value is -2.75. The average Bonchev–Trinajstić information content (AvgIpc) is 3.25. The lowest BCUT2D eigenvalue weighted by molar-refractivity contribution is -0.137. The highest BCUT2D eigenvalue weighted by atomic mass is 19.4. The molecule has 0 atom stereocenters. The Bertz CT molecular complexity index is 933. The van der Waals surface area contributed by atoms with Crippen molar-refractivity contribution in [3.8, 4) is 17.3 Å². The van der Waals surface area contributed by atoms with Gasteiger partial charge in [0.1, 0.15) is 5.82 Å². The molecule has 1 N–H and O–H groups in total. The lowest BCUT2D eigenvalue weighted by Gasteiger charge is -2.14. The molecule has 0 bridgehead atoms. The molecule has 10 heteroatoms. The second-order valence-corrected chi connectivity index (χ2v) is 5.73. The van der Waals surface area contributed by atoms with Crippen LogP contribution in [0, 0.1) is 5.82 Å². The molecule has 0 saturated carbocycles. The molecule has 2 heterocycles. The minimum atomic E-state index is -4.79. The predicted octanol–water partition coefficient (Wildman–Crippen LogP) is 3.57. The summed E-state index contributed by atoms with van der Waals surface area (Å²) in [6.07, 6.45) is -2.54. The molecule has 144 valence electrons. The van der Waals surface area contributed by atoms with E-state index >= 15 is 0 Å². The van der Waals surface area contributed by atoms with Gasteiger partial charge < -0.3 is 9.52 Å². The fraction of sp³-hybridized carbons (Fsp3) is 0.353. The first kappa shape index (κ1) is 19.0. The molecular weight excluding hydrogens is 368 g/mol. The van der Waals surface area contributed by atoms with Gasteiger partial charge in [-0.2, -0.15) is 18.3 Å². The Morgan fingerprint density at radius 3 is 2.70 bits per heavy atom. The number of halogens is 4. The van der Waals surface area contributed by atoms with Crippen molar-refractivity contribution in [2.75, 3.05) is 6.61 Å². The zero-order valence-electron chi connectivity index (χ0n) is 14.3. The van der Waals surface area contributed by atoms with Crippen molar-refractivity contribution in [2.24, 2.45) is 0 Å². The van der Waals surface area contributed by atoms with E-state index in [9.17, 15) is 17.6 Å². The molecule has 3 rings (SSSR count). The number of rotatable bonds is 6. The fourth-order valence-corrected chi connectivity index (χ4v) is 2.64. The van der Waals surface area contributed by atoms with E-state index in [4.69, 9.17) is 9.52 Å². The van der Waals surface area contributed by atoms with Crippen LogP contribution in [0.25, 0.3) is 17.3 Å². The topological polar surface area (TPSA) is 77.0 Å². The molecule has 0 fully saturated rings. The van der Waals surface area contributed by atoms with Crippen molar-refractivity contribution in [2.45, 2.75) is 32.4 Å². The van der Waals surface area contributed by atoms with E-state index in [1.54, 1.807) is 0 Å². The van der Waals surface area contributed by atoms with Crippen LogP contribution in [-0.2, 0) is 19.0 Å². The zero-order chi connectivity index (χ0) is 19.6. The van der Waals surface area contributed by atoms with Crippen molar-refractivity contribution < 1.29 is 27.1 Å². The van der Waals surface area contributed by atoms with Gasteiger partial charge in [0.15, 0.2) is 18.0 Å². The summed E-state index contributed by atoms with van der Waals surface area (Å²) in [5, 5.41) is 13.1. The van der Waals surface area contributed by atoms with Gasteiger partial charge >= 0.3 is 6.18 Å². The number of aliphatic hydroxyl groups is 1. The summed E-state index contributed by atoms with van der Waals surface area (Å²) in [5.41, 5.74) is -1.05. The molecule has 0 aliphatic heterocycles. The minimum Gasteiger partial charge on any atom is -0.440 e. The maximum absolute atomic E-state index is 13.5. The van der Waals surface area contributed by atoms with Crippen molar-refractivity contribution in [3.63, 3.8) is 0 Å². The van der Waals surface area contributed by atoms with Gasteiger partial charge in [-0.15, -0.1) is 0 Å². The summed E-state index contributed by atoms with van der Waals surface area (Å²) >= 11 is 0. The summed E-state index contributed by atoms with van der Waals surface area (Å²) in [7, 11) is 0. The van der Waals surface area contributed by atoms with Crippen LogP contribution < -0.4 is 0 Å². The summed E-state index contributed by atoms with van der Waals surface area (Å²) in [6.45, 7) is 1.70. The molecule has 0 aliphatic rings. The van der Waals surface area contributed by atoms with Gasteiger partial charge in [0, 0.05) is 13.0 Å². The van der Waals surface area contributed by atoms with Crippen LogP contribution in [0.5, 0.6) is 0 Å². The maximum atomic E-state index is 13.5. The number of benzene rings is 1. The van der Waals surface area contributed by atoms with Crippen molar-refractivity contribution >= 4 is 0 Å². The molecule has 0 radical (unpaired) electrons. The number of alkyl halides is 3. The number of nitrogens with zero attached hydrogens (tertiary/aromatic N) is 4. The number of oxazole rings is 1. The Labute approximate surface area is 151 Å². The first-order chi connectivity index (χ1) is 12.8. The van der Waals surface area contributed by atoms with Crippen LogP contribution in [-0.4, -0.2) is 31.5 Å². The fourth-order valence-electron chi connectivity index (χ4n) is 2.64. The third-order valence-electron chi connectivity index (χ3n) is 3.88. The number of aryl methyl sites for hydroxylation is 2. The zero-order valence-corrected chi connectivity index (χ0v) is 14.3. The molecule has 1 aromatic carbocycles. The van der Waals surface area contributed by atoms with Crippen LogP contribution in [0.1, 0.15) is 30.4 Å². The third-order valence-corrected chi connectivity index (χ3v) is 3.88. The van der Waals surface area contributed by atoms with E-state index in [1.807, 2.05) is 6.92 Å². The van der Waals surface area contributed by atoms with Crippen LogP contribution in [0.4, 0.5) is 17.6 Å². The Balaban J connectivity index is 2.22. The molecular formula is C17H16F4N4O2. The number of hydrogen-bond acceptors (Lipinski definition) is 5. The summed E-state index contributed by atoms with van der Waals surface area (Å²) < 4.78 is 60.1. The molecule has 27 heavy (non-hydrogen) atoms. The Kier molecular flexibility index (Phi) is 5.26. The van der Waals surface area contributed by atoms with Gasteiger partial charge in [-0.3, -0.25) is 0 Å². The maximum Gasteiger partial charge on any atom is 0.418 e. The molecule has 0 aliphatic carbocycles. The highest BCUT2D eigenvalue weighted by Crippen LogP contribution is 2.36. The smallest absolute Gasteiger partial charge is 0.418 e. The molecule has 0 unspecified atom stereocenters.